The van der Waals surface area contributed by atoms with Crippen LogP contribution in [0.5, 0.6) is 0 Å². The van der Waals surface area contributed by atoms with E-state index in [4.69, 9.17) is 9.79 Å². The van der Waals surface area contributed by atoms with Crippen molar-refractivity contribution in [2.45, 2.75) is 0 Å². The second-order valence-corrected chi connectivity index (χ2v) is 3.89. The molecule has 0 N–H and O–H groups in total. The van der Waals surface area contributed by atoms with Crippen LogP contribution in [0, 0.1) is 11.3 Å². The maximum Gasteiger partial charge on any atom is 0.548 e. The molecule has 0 heterocycles. The van der Waals surface area contributed by atoms with Gasteiger partial charge in [0.2, 0.25) is 5.30 Å². The molecule has 1 unspecified atom stereocenters. The molecule has 0 aliphatic rings. The first-order valence-corrected chi connectivity index (χ1v) is 5.13. The summed E-state index contributed by atoms with van der Waals surface area (Å²) < 4.78 is 16.0. The van der Waals surface area contributed by atoms with Crippen molar-refractivity contribution < 1.29 is 9.09 Å². The summed E-state index contributed by atoms with van der Waals surface area (Å²) in [4.78, 5) is 0. The van der Waals surface area contributed by atoms with Crippen LogP contribution >= 0.6 is 8.03 Å². The molecular formula is C10H9NO2P+. The molecule has 1 rings (SSSR count). The monoisotopic (exact) mass is 206 g/mol. The van der Waals surface area contributed by atoms with Crippen LogP contribution in [-0.4, -0.2) is 7.11 Å². The fraction of sp³-hybridized carbons (Fsp3) is 0.100. The Morgan fingerprint density at radius 1 is 1.57 bits per heavy atom. The second kappa shape index (κ2) is 5.29. The first-order valence-electron chi connectivity index (χ1n) is 3.95. The zero-order chi connectivity index (χ0) is 10.4. The zero-order valence-corrected chi connectivity index (χ0v) is 8.57. The van der Waals surface area contributed by atoms with Crippen molar-refractivity contribution in [2.75, 3.05) is 7.11 Å². The summed E-state index contributed by atoms with van der Waals surface area (Å²) in [5.74, 6) is 0. The third kappa shape index (κ3) is 2.77. The van der Waals surface area contributed by atoms with Crippen LogP contribution in [0.25, 0.3) is 6.08 Å². The molecule has 3 nitrogen and oxygen atoms in total. The van der Waals surface area contributed by atoms with Gasteiger partial charge in [0.1, 0.15) is 0 Å². The summed E-state index contributed by atoms with van der Waals surface area (Å²) in [6, 6.07) is 8.96. The van der Waals surface area contributed by atoms with E-state index in [2.05, 4.69) is 0 Å². The van der Waals surface area contributed by atoms with E-state index in [9.17, 15) is 4.57 Å². The molecule has 70 valence electrons. The highest BCUT2D eigenvalue weighted by molar-refractivity contribution is 7.48. The molecule has 0 saturated heterocycles. The Balaban J connectivity index is 2.96. The summed E-state index contributed by atoms with van der Waals surface area (Å²) in [6.45, 7) is 0. The molecule has 0 saturated carbocycles. The number of nitrogens with zero attached hydrogens (tertiary/aromatic N) is 1. The average molecular weight is 206 g/mol. The molecule has 1 aromatic carbocycles. The summed E-state index contributed by atoms with van der Waals surface area (Å²) in [6.07, 6.45) is 3.03. The molecule has 0 aromatic heterocycles. The number of benzene rings is 1. The number of allylic oxidation sites excluding steroid dienone is 1. The van der Waals surface area contributed by atoms with Crippen molar-refractivity contribution in [3.05, 3.63) is 35.9 Å². The molecule has 0 fully saturated rings. The molecule has 0 aliphatic heterocycles. The quantitative estimate of drug-likeness (QED) is 0.562. The van der Waals surface area contributed by atoms with Gasteiger partial charge in [0, 0.05) is 12.1 Å². The second-order valence-electron chi connectivity index (χ2n) is 2.50. The molecule has 4 heteroatoms. The Morgan fingerprint density at radius 3 is 3.00 bits per heavy atom. The fourth-order valence-electron chi connectivity index (χ4n) is 0.981. The van der Waals surface area contributed by atoms with E-state index in [1.165, 1.54) is 13.2 Å². The Labute approximate surface area is 83.5 Å². The largest absolute Gasteiger partial charge is 0.548 e. The molecular weight excluding hydrogens is 197 g/mol. The Bertz CT molecular complexity index is 407. The van der Waals surface area contributed by atoms with E-state index < -0.39 is 8.03 Å². The molecule has 1 aromatic rings. The SMILES string of the molecule is CO[P+](=O)c1cccc(/C=C/C#N)c1. The summed E-state index contributed by atoms with van der Waals surface area (Å²) in [5.41, 5.74) is 0.837. The van der Waals surface area contributed by atoms with Gasteiger partial charge in [0.05, 0.1) is 13.2 Å². The molecule has 0 radical (unpaired) electrons. The van der Waals surface area contributed by atoms with E-state index in [0.29, 0.717) is 5.30 Å². The highest BCUT2D eigenvalue weighted by Gasteiger charge is 2.18. The first-order chi connectivity index (χ1) is 6.77. The molecule has 0 bridgehead atoms. The average Bonchev–Trinajstić information content (AvgIpc) is 2.25. The van der Waals surface area contributed by atoms with Crippen LogP contribution in [0.4, 0.5) is 0 Å². The van der Waals surface area contributed by atoms with E-state index in [1.54, 1.807) is 24.3 Å². The fourth-order valence-corrected chi connectivity index (χ4v) is 1.65. The van der Waals surface area contributed by atoms with Gasteiger partial charge in [-0.2, -0.15) is 5.26 Å². The van der Waals surface area contributed by atoms with E-state index in [1.807, 2.05) is 12.1 Å². The summed E-state index contributed by atoms with van der Waals surface area (Å²) >= 11 is 0. The highest BCUT2D eigenvalue weighted by Crippen LogP contribution is 2.20. The predicted octanol–water partition coefficient (Wildman–Crippen LogP) is 2.24. The predicted molar refractivity (Wildman–Crippen MR) is 55.3 cm³/mol. The van der Waals surface area contributed by atoms with Crippen molar-refractivity contribution in [1.82, 2.24) is 0 Å². The van der Waals surface area contributed by atoms with E-state index in [-0.39, 0.29) is 0 Å². The minimum atomic E-state index is -1.77. The van der Waals surface area contributed by atoms with Crippen molar-refractivity contribution in [1.29, 1.82) is 5.26 Å². The van der Waals surface area contributed by atoms with Gasteiger partial charge >= 0.3 is 8.03 Å². The maximum absolute atomic E-state index is 11.3. The first kappa shape index (κ1) is 10.6. The summed E-state index contributed by atoms with van der Waals surface area (Å²) in [7, 11) is -0.372. The zero-order valence-electron chi connectivity index (χ0n) is 7.68. The van der Waals surface area contributed by atoms with Gasteiger partial charge in [-0.15, -0.1) is 4.52 Å². The van der Waals surface area contributed by atoms with Gasteiger partial charge in [-0.25, -0.2) is 0 Å². The minimum absolute atomic E-state index is 0.627. The number of rotatable bonds is 3. The normalized spacial score (nSPS) is 11.3. The number of hydrogen-bond acceptors (Lipinski definition) is 3. The van der Waals surface area contributed by atoms with Crippen LogP contribution in [0.15, 0.2) is 30.3 Å². The summed E-state index contributed by atoms with van der Waals surface area (Å²) in [5, 5.41) is 8.96. The van der Waals surface area contributed by atoms with Crippen LogP contribution in [0.2, 0.25) is 0 Å². The van der Waals surface area contributed by atoms with Crippen molar-refractivity contribution >= 4 is 19.4 Å². The van der Waals surface area contributed by atoms with Crippen molar-refractivity contribution in [2.24, 2.45) is 0 Å². The third-order valence-corrected chi connectivity index (χ3v) is 2.63. The van der Waals surface area contributed by atoms with Crippen LogP contribution in [0.1, 0.15) is 5.56 Å². The molecule has 0 amide bonds. The molecule has 0 spiro atoms. The maximum atomic E-state index is 11.3. The highest BCUT2D eigenvalue weighted by atomic mass is 31.1. The van der Waals surface area contributed by atoms with E-state index in [0.717, 1.165) is 5.56 Å². The van der Waals surface area contributed by atoms with Gasteiger partial charge in [0.25, 0.3) is 0 Å². The smallest absolute Gasteiger partial charge is 0.193 e. The Hall–Kier alpha value is -1.49. The van der Waals surface area contributed by atoms with Gasteiger partial charge < -0.3 is 0 Å². The van der Waals surface area contributed by atoms with Crippen molar-refractivity contribution in [3.8, 4) is 6.07 Å². The standard InChI is InChI=1S/C10H9NO2P/c1-13-14(12)10-6-2-4-9(8-10)5-3-7-11/h2-6,8H,1H3/q+1/b5-3+. The molecule has 1 atom stereocenters. The topological polar surface area (TPSA) is 50.1 Å². The lowest BCUT2D eigenvalue weighted by Crippen LogP contribution is -1.96. The van der Waals surface area contributed by atoms with Crippen LogP contribution in [-0.2, 0) is 9.09 Å². The molecule has 0 aliphatic carbocycles. The van der Waals surface area contributed by atoms with Crippen LogP contribution < -0.4 is 5.30 Å². The van der Waals surface area contributed by atoms with Crippen LogP contribution in [0.3, 0.4) is 0 Å². The van der Waals surface area contributed by atoms with Gasteiger partial charge in [-0.05, 0) is 22.3 Å². The minimum Gasteiger partial charge on any atom is -0.193 e. The number of nitriles is 1. The van der Waals surface area contributed by atoms with E-state index >= 15 is 0 Å². The third-order valence-electron chi connectivity index (χ3n) is 1.60. The Morgan fingerprint density at radius 2 is 2.36 bits per heavy atom. The lowest BCUT2D eigenvalue weighted by molar-refractivity contribution is 0.423. The molecule has 14 heavy (non-hydrogen) atoms. The lowest BCUT2D eigenvalue weighted by Gasteiger charge is -1.90. The van der Waals surface area contributed by atoms with Crippen molar-refractivity contribution in [3.63, 3.8) is 0 Å². The number of hydrogen-bond donors (Lipinski definition) is 0. The van der Waals surface area contributed by atoms with Gasteiger partial charge in [0.15, 0.2) is 0 Å². The lowest BCUT2D eigenvalue weighted by atomic mass is 10.2. The van der Waals surface area contributed by atoms with Gasteiger partial charge in [-0.3, -0.25) is 0 Å². The van der Waals surface area contributed by atoms with Gasteiger partial charge in [-0.1, -0.05) is 12.1 Å². The Kier molecular flexibility index (Phi) is 4.00.